The molecule has 0 saturated heterocycles. The second-order valence-corrected chi connectivity index (χ2v) is 7.07. The molecule has 1 fully saturated rings. The predicted molar refractivity (Wildman–Crippen MR) is 103 cm³/mol. The summed E-state index contributed by atoms with van der Waals surface area (Å²) in [6.45, 7) is 1.30. The molecule has 140 valence electrons. The van der Waals surface area contributed by atoms with Crippen LogP contribution >= 0.6 is 0 Å². The van der Waals surface area contributed by atoms with Crippen LogP contribution in [0.25, 0.3) is 0 Å². The number of nitro groups is 1. The van der Waals surface area contributed by atoms with Crippen molar-refractivity contribution >= 4 is 17.3 Å². The molecule has 1 unspecified atom stereocenters. The van der Waals surface area contributed by atoms with Gasteiger partial charge in [-0.15, -0.1) is 0 Å². The zero-order valence-electron chi connectivity index (χ0n) is 14.9. The standard InChI is InChI=1S/C20H22N4O3/c25-20(22-12-18-16-4-2-1-3-13(16)9-10-21-18)14-5-8-17(23-15-6-7-15)19(11-14)24(26)27/h1-5,8,11,15,18,21,23H,6-7,9-10,12H2,(H,22,25). The highest BCUT2D eigenvalue weighted by Crippen LogP contribution is 2.31. The number of carbonyl (C=O) groups excluding carboxylic acids is 1. The second-order valence-electron chi connectivity index (χ2n) is 7.07. The van der Waals surface area contributed by atoms with Crippen LogP contribution in [-0.2, 0) is 6.42 Å². The van der Waals surface area contributed by atoms with Gasteiger partial charge in [0.2, 0.25) is 0 Å². The van der Waals surface area contributed by atoms with E-state index in [0.29, 0.717) is 23.8 Å². The monoisotopic (exact) mass is 366 g/mol. The normalized spacial score (nSPS) is 18.4. The van der Waals surface area contributed by atoms with Crippen LogP contribution in [0.1, 0.15) is 40.4 Å². The Kier molecular flexibility index (Phi) is 4.77. The zero-order valence-corrected chi connectivity index (χ0v) is 14.9. The van der Waals surface area contributed by atoms with Gasteiger partial charge in [-0.1, -0.05) is 24.3 Å². The van der Waals surface area contributed by atoms with Gasteiger partial charge in [-0.05, 0) is 49.1 Å². The fourth-order valence-electron chi connectivity index (χ4n) is 3.47. The minimum atomic E-state index is -0.444. The lowest BCUT2D eigenvalue weighted by molar-refractivity contribution is -0.384. The molecule has 0 radical (unpaired) electrons. The van der Waals surface area contributed by atoms with Crippen molar-refractivity contribution in [2.45, 2.75) is 31.3 Å². The number of nitrogens with one attached hydrogen (secondary N) is 3. The third-order valence-corrected chi connectivity index (χ3v) is 5.08. The number of hydrogen-bond donors (Lipinski definition) is 3. The second kappa shape index (κ2) is 7.36. The Morgan fingerprint density at radius 2 is 2.04 bits per heavy atom. The van der Waals surface area contributed by atoms with Gasteiger partial charge in [0.05, 0.1) is 4.92 Å². The van der Waals surface area contributed by atoms with Crippen LogP contribution in [0, 0.1) is 10.1 Å². The molecule has 1 heterocycles. The number of benzene rings is 2. The van der Waals surface area contributed by atoms with Crippen molar-refractivity contribution in [3.05, 3.63) is 69.3 Å². The lowest BCUT2D eigenvalue weighted by atomic mass is 9.94. The molecule has 4 rings (SSSR count). The van der Waals surface area contributed by atoms with E-state index >= 15 is 0 Å². The van der Waals surface area contributed by atoms with Crippen LogP contribution in [0.4, 0.5) is 11.4 Å². The number of hydrogen-bond acceptors (Lipinski definition) is 5. The molecule has 0 bridgehead atoms. The largest absolute Gasteiger partial charge is 0.377 e. The van der Waals surface area contributed by atoms with Gasteiger partial charge < -0.3 is 16.0 Å². The molecule has 7 nitrogen and oxygen atoms in total. The third-order valence-electron chi connectivity index (χ3n) is 5.08. The quantitative estimate of drug-likeness (QED) is 0.540. The molecular formula is C20H22N4O3. The first kappa shape index (κ1) is 17.5. The molecule has 1 aliphatic heterocycles. The van der Waals surface area contributed by atoms with Crippen LogP contribution in [-0.4, -0.2) is 30.0 Å². The van der Waals surface area contributed by atoms with Gasteiger partial charge in [0.1, 0.15) is 5.69 Å². The van der Waals surface area contributed by atoms with Gasteiger partial charge in [-0.25, -0.2) is 0 Å². The number of anilines is 1. The summed E-state index contributed by atoms with van der Waals surface area (Å²) < 4.78 is 0. The summed E-state index contributed by atoms with van der Waals surface area (Å²) in [5.74, 6) is -0.305. The Bertz CT molecular complexity index is 879. The molecule has 0 aromatic heterocycles. The lowest BCUT2D eigenvalue weighted by Crippen LogP contribution is -2.38. The van der Waals surface area contributed by atoms with E-state index < -0.39 is 4.92 Å². The minimum Gasteiger partial charge on any atom is -0.377 e. The fourth-order valence-corrected chi connectivity index (χ4v) is 3.47. The highest BCUT2D eigenvalue weighted by molar-refractivity contribution is 5.95. The molecule has 2 aliphatic rings. The Morgan fingerprint density at radius 1 is 1.22 bits per heavy atom. The first-order chi connectivity index (χ1) is 13.1. The van der Waals surface area contributed by atoms with Crippen molar-refractivity contribution in [1.82, 2.24) is 10.6 Å². The van der Waals surface area contributed by atoms with E-state index in [1.165, 1.54) is 17.2 Å². The van der Waals surface area contributed by atoms with Crippen LogP contribution in [0.2, 0.25) is 0 Å². The smallest absolute Gasteiger partial charge is 0.293 e. The van der Waals surface area contributed by atoms with Crippen molar-refractivity contribution in [3.8, 4) is 0 Å². The number of amides is 1. The molecule has 3 N–H and O–H groups in total. The molecule has 0 spiro atoms. The Balaban J connectivity index is 1.45. The van der Waals surface area contributed by atoms with E-state index in [1.54, 1.807) is 12.1 Å². The van der Waals surface area contributed by atoms with Crippen LogP contribution in [0.15, 0.2) is 42.5 Å². The average molecular weight is 366 g/mol. The molecular weight excluding hydrogens is 344 g/mol. The maximum atomic E-state index is 12.5. The molecule has 1 aliphatic carbocycles. The summed E-state index contributed by atoms with van der Waals surface area (Å²) in [7, 11) is 0. The number of fused-ring (bicyclic) bond motifs is 1. The lowest BCUT2D eigenvalue weighted by Gasteiger charge is -2.27. The number of rotatable bonds is 6. The maximum absolute atomic E-state index is 12.5. The van der Waals surface area contributed by atoms with E-state index in [2.05, 4.69) is 28.1 Å². The fraction of sp³-hybridized carbons (Fsp3) is 0.350. The van der Waals surface area contributed by atoms with E-state index in [0.717, 1.165) is 25.8 Å². The molecule has 27 heavy (non-hydrogen) atoms. The zero-order chi connectivity index (χ0) is 18.8. The number of nitro benzene ring substituents is 1. The van der Waals surface area contributed by atoms with Crippen LogP contribution < -0.4 is 16.0 Å². The van der Waals surface area contributed by atoms with Gasteiger partial charge in [0.15, 0.2) is 0 Å². The molecule has 1 saturated carbocycles. The van der Waals surface area contributed by atoms with Crippen LogP contribution in [0.5, 0.6) is 0 Å². The van der Waals surface area contributed by atoms with Crippen molar-refractivity contribution in [2.24, 2.45) is 0 Å². The Hall–Kier alpha value is -2.93. The first-order valence-electron chi connectivity index (χ1n) is 9.26. The summed E-state index contributed by atoms with van der Waals surface area (Å²) >= 11 is 0. The van der Waals surface area contributed by atoms with Gasteiger partial charge in [-0.3, -0.25) is 14.9 Å². The van der Waals surface area contributed by atoms with Gasteiger partial charge >= 0.3 is 0 Å². The van der Waals surface area contributed by atoms with Crippen molar-refractivity contribution in [2.75, 3.05) is 18.4 Å². The third kappa shape index (κ3) is 3.93. The summed E-state index contributed by atoms with van der Waals surface area (Å²) in [5.41, 5.74) is 3.20. The molecule has 7 heteroatoms. The first-order valence-corrected chi connectivity index (χ1v) is 9.26. The van der Waals surface area contributed by atoms with Gasteiger partial charge in [-0.2, -0.15) is 0 Å². The molecule has 1 amide bonds. The summed E-state index contributed by atoms with van der Waals surface area (Å²) in [5, 5.41) is 20.8. The van der Waals surface area contributed by atoms with Crippen molar-refractivity contribution < 1.29 is 9.72 Å². The number of nitrogens with zero attached hydrogens (tertiary/aromatic N) is 1. The van der Waals surface area contributed by atoms with E-state index in [-0.39, 0.29) is 17.6 Å². The minimum absolute atomic E-state index is 0.0460. The maximum Gasteiger partial charge on any atom is 0.293 e. The number of carbonyl (C=O) groups is 1. The van der Waals surface area contributed by atoms with E-state index in [1.807, 2.05) is 12.1 Å². The van der Waals surface area contributed by atoms with Gasteiger partial charge in [0, 0.05) is 30.3 Å². The molecule has 2 aromatic carbocycles. The molecule has 2 aromatic rings. The Labute approximate surface area is 157 Å². The topological polar surface area (TPSA) is 96.3 Å². The van der Waals surface area contributed by atoms with E-state index in [9.17, 15) is 14.9 Å². The predicted octanol–water partition coefficient (Wildman–Crippen LogP) is 2.79. The van der Waals surface area contributed by atoms with Crippen molar-refractivity contribution in [3.63, 3.8) is 0 Å². The SMILES string of the molecule is O=C(NCC1NCCc2ccccc21)c1ccc(NC2CC2)c([N+](=O)[O-])c1. The van der Waals surface area contributed by atoms with E-state index in [4.69, 9.17) is 0 Å². The summed E-state index contributed by atoms with van der Waals surface area (Å²) in [4.78, 5) is 23.5. The van der Waals surface area contributed by atoms with Gasteiger partial charge in [0.25, 0.3) is 11.6 Å². The van der Waals surface area contributed by atoms with Crippen LogP contribution in [0.3, 0.4) is 0 Å². The highest BCUT2D eigenvalue weighted by Gasteiger charge is 2.26. The van der Waals surface area contributed by atoms with Crippen molar-refractivity contribution in [1.29, 1.82) is 0 Å². The average Bonchev–Trinajstić information content (AvgIpc) is 3.50. The highest BCUT2D eigenvalue weighted by atomic mass is 16.6. The molecule has 1 atom stereocenters. The summed E-state index contributed by atoms with van der Waals surface area (Å²) in [6, 6.07) is 13.2. The summed E-state index contributed by atoms with van der Waals surface area (Å²) in [6.07, 6.45) is 3.02. The Morgan fingerprint density at radius 3 is 2.81 bits per heavy atom.